The minimum atomic E-state index is -2.98. The summed E-state index contributed by atoms with van der Waals surface area (Å²) in [5, 5.41) is 1.05. The Morgan fingerprint density at radius 3 is 2.50 bits per heavy atom. The SMILES string of the molecule is Cc1cc(C(=O)CSc2c(Cl)cccc2Cl)c(C)n1C1CCS(=O)(=O)C1. The van der Waals surface area contributed by atoms with Crippen molar-refractivity contribution in [1.82, 2.24) is 4.57 Å². The zero-order chi connectivity index (χ0) is 19.1. The molecule has 1 unspecified atom stereocenters. The van der Waals surface area contributed by atoms with Crippen LogP contribution < -0.4 is 0 Å². The van der Waals surface area contributed by atoms with Gasteiger partial charge in [-0.1, -0.05) is 29.3 Å². The molecular weight excluding hydrogens is 413 g/mol. The average Bonchev–Trinajstić information content (AvgIpc) is 3.05. The number of hydrogen-bond acceptors (Lipinski definition) is 4. The minimum absolute atomic E-state index is 0.0220. The number of Topliss-reactive ketones (excluding diaryl/α,β-unsaturated/α-hetero) is 1. The zero-order valence-electron chi connectivity index (χ0n) is 14.5. The number of benzene rings is 1. The first-order valence-electron chi connectivity index (χ1n) is 8.18. The number of aryl methyl sites for hydroxylation is 1. The van der Waals surface area contributed by atoms with E-state index < -0.39 is 9.84 Å². The maximum atomic E-state index is 12.7. The second-order valence-corrected chi connectivity index (χ2v) is 10.5. The van der Waals surface area contributed by atoms with Gasteiger partial charge < -0.3 is 4.57 Å². The van der Waals surface area contributed by atoms with E-state index in [1.807, 2.05) is 24.5 Å². The molecule has 0 N–H and O–H groups in total. The quantitative estimate of drug-likeness (QED) is 0.506. The van der Waals surface area contributed by atoms with E-state index in [1.165, 1.54) is 11.8 Å². The summed E-state index contributed by atoms with van der Waals surface area (Å²) in [6.07, 6.45) is 0.594. The number of rotatable bonds is 5. The largest absolute Gasteiger partial charge is 0.344 e. The lowest BCUT2D eigenvalue weighted by Gasteiger charge is -2.16. The third-order valence-corrected chi connectivity index (χ3v) is 8.36. The van der Waals surface area contributed by atoms with Crippen LogP contribution in [0.25, 0.3) is 0 Å². The second kappa shape index (κ2) is 7.58. The Hall–Kier alpha value is -0.950. The molecule has 26 heavy (non-hydrogen) atoms. The van der Waals surface area contributed by atoms with Crippen LogP contribution >= 0.6 is 35.0 Å². The lowest BCUT2D eigenvalue weighted by molar-refractivity contribution is 0.102. The molecule has 0 spiro atoms. The van der Waals surface area contributed by atoms with Gasteiger partial charge in [0.05, 0.1) is 27.3 Å². The highest BCUT2D eigenvalue weighted by Gasteiger charge is 2.31. The highest BCUT2D eigenvalue weighted by Crippen LogP contribution is 2.35. The van der Waals surface area contributed by atoms with Crippen molar-refractivity contribution in [3.05, 3.63) is 51.3 Å². The maximum absolute atomic E-state index is 12.7. The molecule has 1 fully saturated rings. The summed E-state index contributed by atoms with van der Waals surface area (Å²) in [7, 11) is -2.98. The summed E-state index contributed by atoms with van der Waals surface area (Å²) in [5.41, 5.74) is 2.36. The maximum Gasteiger partial charge on any atom is 0.174 e. The predicted octanol–water partition coefficient (Wildman–Crippen LogP) is 4.75. The van der Waals surface area contributed by atoms with Crippen molar-refractivity contribution in [1.29, 1.82) is 0 Å². The Bertz CT molecular complexity index is 947. The van der Waals surface area contributed by atoms with E-state index in [4.69, 9.17) is 23.2 Å². The molecule has 1 aliphatic rings. The van der Waals surface area contributed by atoms with Gasteiger partial charge in [-0.05, 0) is 38.5 Å². The molecule has 1 aromatic carbocycles. The van der Waals surface area contributed by atoms with E-state index in [9.17, 15) is 13.2 Å². The van der Waals surface area contributed by atoms with Gasteiger partial charge >= 0.3 is 0 Å². The van der Waals surface area contributed by atoms with Gasteiger partial charge in [0.1, 0.15) is 0 Å². The Labute approximate surface area is 167 Å². The summed E-state index contributed by atoms with van der Waals surface area (Å²) < 4.78 is 25.6. The Morgan fingerprint density at radius 1 is 1.27 bits per heavy atom. The number of carbonyl (C=O) groups excluding carboxylic acids is 1. The van der Waals surface area contributed by atoms with E-state index in [-0.39, 0.29) is 29.1 Å². The molecule has 0 amide bonds. The van der Waals surface area contributed by atoms with Crippen LogP contribution in [-0.2, 0) is 9.84 Å². The topological polar surface area (TPSA) is 56.1 Å². The van der Waals surface area contributed by atoms with Crippen molar-refractivity contribution < 1.29 is 13.2 Å². The lowest BCUT2D eigenvalue weighted by Crippen LogP contribution is -2.14. The summed E-state index contributed by atoms with van der Waals surface area (Å²) in [4.78, 5) is 13.4. The van der Waals surface area contributed by atoms with E-state index in [1.54, 1.807) is 18.2 Å². The molecule has 3 rings (SSSR count). The van der Waals surface area contributed by atoms with Gasteiger partial charge in [0.15, 0.2) is 15.6 Å². The molecule has 0 radical (unpaired) electrons. The molecule has 2 heterocycles. The fraction of sp³-hybridized carbons (Fsp3) is 0.389. The third-order valence-electron chi connectivity index (χ3n) is 4.62. The molecule has 140 valence electrons. The van der Waals surface area contributed by atoms with Gasteiger partial charge in [-0.3, -0.25) is 4.79 Å². The minimum Gasteiger partial charge on any atom is -0.344 e. The van der Waals surface area contributed by atoms with Crippen LogP contribution in [0.15, 0.2) is 29.2 Å². The van der Waals surface area contributed by atoms with Crippen LogP contribution in [0.5, 0.6) is 0 Å². The molecule has 1 atom stereocenters. The van der Waals surface area contributed by atoms with Crippen LogP contribution in [0.3, 0.4) is 0 Å². The van der Waals surface area contributed by atoms with Gasteiger partial charge in [0.25, 0.3) is 0 Å². The lowest BCUT2D eigenvalue weighted by atomic mass is 10.2. The fourth-order valence-corrected chi connectivity index (χ4v) is 6.70. The molecule has 8 heteroatoms. The van der Waals surface area contributed by atoms with Gasteiger partial charge in [-0.2, -0.15) is 0 Å². The number of hydrogen-bond donors (Lipinski definition) is 0. The molecule has 0 bridgehead atoms. The van der Waals surface area contributed by atoms with Crippen LogP contribution in [0.4, 0.5) is 0 Å². The molecule has 0 saturated carbocycles. The monoisotopic (exact) mass is 431 g/mol. The molecule has 1 saturated heterocycles. The molecular formula is C18H19Cl2NO3S2. The normalized spacial score (nSPS) is 19.0. The van der Waals surface area contributed by atoms with E-state index >= 15 is 0 Å². The molecule has 1 aliphatic heterocycles. The first-order valence-corrected chi connectivity index (χ1v) is 11.7. The van der Waals surface area contributed by atoms with Crippen molar-refractivity contribution in [2.45, 2.75) is 31.2 Å². The van der Waals surface area contributed by atoms with Crippen molar-refractivity contribution >= 4 is 50.6 Å². The third kappa shape index (κ3) is 3.98. The van der Waals surface area contributed by atoms with Gasteiger partial charge in [-0.25, -0.2) is 8.42 Å². The molecule has 4 nitrogen and oxygen atoms in total. The van der Waals surface area contributed by atoms with Crippen LogP contribution in [0.1, 0.15) is 34.2 Å². The number of aromatic nitrogens is 1. The summed E-state index contributed by atoms with van der Waals surface area (Å²) in [5.74, 6) is 0.544. The van der Waals surface area contributed by atoms with Crippen LogP contribution in [0, 0.1) is 13.8 Å². The molecule has 0 aliphatic carbocycles. The van der Waals surface area contributed by atoms with Crippen molar-refractivity contribution in [2.24, 2.45) is 0 Å². The number of halogens is 2. The predicted molar refractivity (Wildman–Crippen MR) is 108 cm³/mol. The number of ketones is 1. The summed E-state index contributed by atoms with van der Waals surface area (Å²) >= 11 is 13.6. The van der Waals surface area contributed by atoms with Gasteiger partial charge in [0, 0.05) is 27.9 Å². The van der Waals surface area contributed by atoms with E-state index in [0.29, 0.717) is 26.9 Å². The van der Waals surface area contributed by atoms with Gasteiger partial charge in [0.2, 0.25) is 0 Å². The van der Waals surface area contributed by atoms with Crippen molar-refractivity contribution in [3.8, 4) is 0 Å². The Balaban J connectivity index is 1.80. The first-order chi connectivity index (χ1) is 12.2. The van der Waals surface area contributed by atoms with Crippen LogP contribution in [0.2, 0.25) is 10.0 Å². The molecule has 2 aromatic rings. The number of carbonyl (C=O) groups is 1. The van der Waals surface area contributed by atoms with E-state index in [2.05, 4.69) is 0 Å². The standard InChI is InChI=1S/C18H19Cl2NO3S2/c1-11-8-14(12(2)21(11)13-6-7-26(23,24)10-13)17(22)9-25-18-15(19)4-3-5-16(18)20/h3-5,8,13H,6-7,9-10H2,1-2H3. The van der Waals surface area contributed by atoms with Crippen molar-refractivity contribution in [3.63, 3.8) is 0 Å². The fourth-order valence-electron chi connectivity index (χ4n) is 3.44. The summed E-state index contributed by atoms with van der Waals surface area (Å²) in [6.45, 7) is 3.78. The van der Waals surface area contributed by atoms with Crippen LogP contribution in [-0.4, -0.2) is 36.0 Å². The second-order valence-electron chi connectivity index (χ2n) is 6.47. The van der Waals surface area contributed by atoms with E-state index in [0.717, 1.165) is 11.4 Å². The highest BCUT2D eigenvalue weighted by atomic mass is 35.5. The number of thioether (sulfide) groups is 1. The number of sulfone groups is 1. The average molecular weight is 432 g/mol. The summed E-state index contributed by atoms with van der Waals surface area (Å²) in [6, 6.07) is 7.00. The number of nitrogens with zero attached hydrogens (tertiary/aromatic N) is 1. The smallest absolute Gasteiger partial charge is 0.174 e. The molecule has 1 aromatic heterocycles. The van der Waals surface area contributed by atoms with Crippen molar-refractivity contribution in [2.75, 3.05) is 17.3 Å². The highest BCUT2D eigenvalue weighted by molar-refractivity contribution is 8.00. The zero-order valence-corrected chi connectivity index (χ0v) is 17.6. The Morgan fingerprint density at radius 2 is 1.92 bits per heavy atom. The van der Waals surface area contributed by atoms with Gasteiger partial charge in [-0.15, -0.1) is 11.8 Å². The first kappa shape index (κ1) is 19.8. The Kier molecular flexibility index (Phi) is 5.78.